The third-order valence-electron chi connectivity index (χ3n) is 9.06. The van der Waals surface area contributed by atoms with E-state index in [1.54, 1.807) is 19.9 Å². The van der Waals surface area contributed by atoms with Crippen molar-refractivity contribution in [3.63, 3.8) is 0 Å². The van der Waals surface area contributed by atoms with Gasteiger partial charge in [-0.3, -0.25) is 14.2 Å². The van der Waals surface area contributed by atoms with Crippen molar-refractivity contribution >= 4 is 36.6 Å². The van der Waals surface area contributed by atoms with Crippen LogP contribution in [-0.2, 0) is 23.8 Å². The molecule has 2 aliphatic rings. The highest BCUT2D eigenvalue weighted by Gasteiger charge is 2.57. The molecule has 0 heterocycles. The average Bonchev–Trinajstić information content (AvgIpc) is 2.93. The highest BCUT2D eigenvalue weighted by Crippen LogP contribution is 2.60. The number of halogens is 1. The van der Waals surface area contributed by atoms with Crippen molar-refractivity contribution in [1.29, 1.82) is 0 Å². The number of amides is 1. The number of benzene rings is 2. The summed E-state index contributed by atoms with van der Waals surface area (Å²) < 4.78 is 39.1. The van der Waals surface area contributed by atoms with Crippen molar-refractivity contribution in [1.82, 2.24) is 10.6 Å². The van der Waals surface area contributed by atoms with Gasteiger partial charge in [-0.2, -0.15) is 0 Å². The van der Waals surface area contributed by atoms with Crippen LogP contribution in [0.3, 0.4) is 0 Å². The fourth-order valence-electron chi connectivity index (χ4n) is 6.84. The summed E-state index contributed by atoms with van der Waals surface area (Å²) in [7, 11) is -3.87. The molecule has 0 saturated heterocycles. The maximum Gasteiger partial charge on any atom is 0.357 e. The van der Waals surface area contributed by atoms with Crippen molar-refractivity contribution in [3.8, 4) is 0 Å². The van der Waals surface area contributed by atoms with Crippen LogP contribution < -0.4 is 10.6 Å². The van der Waals surface area contributed by atoms with E-state index in [1.165, 1.54) is 18.2 Å². The molecule has 0 radical (unpaired) electrons. The second kappa shape index (κ2) is 12.7. The van der Waals surface area contributed by atoms with E-state index in [-0.39, 0.29) is 47.8 Å². The van der Waals surface area contributed by atoms with Gasteiger partial charge in [0, 0.05) is 12.0 Å². The molecule has 2 aliphatic carbocycles. The molecule has 7 nitrogen and oxygen atoms in total. The monoisotopic (exact) mass is 616 g/mol. The third kappa shape index (κ3) is 6.12. The van der Waals surface area contributed by atoms with Gasteiger partial charge in [-0.1, -0.05) is 58.4 Å². The standard InChI is InChI=1S/C32H42FN2O5PS/c1-7-39-41(38,40-8-2)28(22-11-9-12-23(33)17-22)34-30(42)35-29(37)32(6)16-10-15-31(5)25-14-13-21(20(3)4)18-24(25)26(36)19-27(31)32/h9,11-14,17-18,20,27-28H,7-8,10,15-16,19H2,1-6H3,(H2,34,35,37,42)/t27-,28?,31-,32-/m1/s1. The summed E-state index contributed by atoms with van der Waals surface area (Å²) in [6.07, 6.45) is 2.55. The minimum Gasteiger partial charge on any atom is -0.345 e. The second-order valence-electron chi connectivity index (χ2n) is 12.1. The quantitative estimate of drug-likeness (QED) is 0.222. The SMILES string of the molecule is CCOP(=O)(OCC)C(NC(=S)NC(=O)[C@]1(C)CCC[C@]2(C)c3ccc(C(C)C)cc3C(=O)C[C@@H]12)c1cccc(F)c1. The van der Waals surface area contributed by atoms with E-state index in [0.29, 0.717) is 17.9 Å². The molecule has 42 heavy (non-hydrogen) atoms. The molecule has 228 valence electrons. The Morgan fingerprint density at radius 2 is 1.79 bits per heavy atom. The van der Waals surface area contributed by atoms with Gasteiger partial charge < -0.3 is 19.7 Å². The van der Waals surface area contributed by atoms with Crippen LogP contribution in [0.15, 0.2) is 42.5 Å². The lowest BCUT2D eigenvalue weighted by Gasteiger charge is -2.54. The Morgan fingerprint density at radius 3 is 2.40 bits per heavy atom. The lowest BCUT2D eigenvalue weighted by molar-refractivity contribution is -0.136. The number of hydrogen-bond acceptors (Lipinski definition) is 6. The number of carbonyl (C=O) groups is 2. The molecule has 4 rings (SSSR count). The van der Waals surface area contributed by atoms with E-state index >= 15 is 0 Å². The van der Waals surface area contributed by atoms with E-state index in [1.807, 2.05) is 13.0 Å². The number of hydrogen-bond donors (Lipinski definition) is 2. The number of ketones is 1. The Bertz CT molecular complexity index is 1410. The Balaban J connectivity index is 1.62. The zero-order valence-electron chi connectivity index (χ0n) is 25.3. The van der Waals surface area contributed by atoms with Gasteiger partial charge in [-0.25, -0.2) is 4.39 Å². The Labute approximate surface area is 253 Å². The molecule has 1 saturated carbocycles. The van der Waals surface area contributed by atoms with Gasteiger partial charge in [-0.05, 0) is 91.0 Å². The van der Waals surface area contributed by atoms with Gasteiger partial charge >= 0.3 is 7.60 Å². The van der Waals surface area contributed by atoms with Gasteiger partial charge in [0.05, 0.1) is 18.6 Å². The van der Waals surface area contributed by atoms with Crippen LogP contribution in [0.5, 0.6) is 0 Å². The highest BCUT2D eigenvalue weighted by molar-refractivity contribution is 7.80. The second-order valence-corrected chi connectivity index (χ2v) is 14.6. The molecule has 0 spiro atoms. The average molecular weight is 617 g/mol. The van der Waals surface area contributed by atoms with Crippen LogP contribution in [0.4, 0.5) is 4.39 Å². The zero-order chi connectivity index (χ0) is 30.9. The van der Waals surface area contributed by atoms with Crippen LogP contribution in [0, 0.1) is 17.2 Å². The minimum atomic E-state index is -3.87. The Hall–Kier alpha value is -2.45. The number of Topliss-reactive ketones (excluding diaryl/α,β-unsaturated/α-hetero) is 1. The summed E-state index contributed by atoms with van der Waals surface area (Å²) >= 11 is 5.56. The third-order valence-corrected chi connectivity index (χ3v) is 11.6. The maximum atomic E-state index is 14.2. The van der Waals surface area contributed by atoms with Crippen LogP contribution in [0.2, 0.25) is 0 Å². The lowest BCUT2D eigenvalue weighted by atomic mass is 9.49. The molecular weight excluding hydrogens is 574 g/mol. The molecule has 0 bridgehead atoms. The summed E-state index contributed by atoms with van der Waals surface area (Å²) in [5, 5.41) is 5.67. The molecule has 1 fully saturated rings. The van der Waals surface area contributed by atoms with Crippen LogP contribution in [-0.4, -0.2) is 30.0 Å². The molecule has 0 aromatic heterocycles. The number of nitrogens with one attached hydrogen (secondary N) is 2. The topological polar surface area (TPSA) is 93.7 Å². The lowest BCUT2D eigenvalue weighted by Crippen LogP contribution is -2.57. The van der Waals surface area contributed by atoms with E-state index in [9.17, 15) is 18.5 Å². The molecule has 2 N–H and O–H groups in total. The first-order valence-corrected chi connectivity index (χ1v) is 16.7. The molecule has 0 aliphatic heterocycles. The molecule has 2 aromatic carbocycles. The largest absolute Gasteiger partial charge is 0.357 e. The zero-order valence-corrected chi connectivity index (χ0v) is 27.0. The molecular formula is C32H42FN2O5PS. The van der Waals surface area contributed by atoms with Crippen LogP contribution in [0.1, 0.15) is 106 Å². The highest BCUT2D eigenvalue weighted by atomic mass is 32.1. The maximum absolute atomic E-state index is 14.2. The number of thiocarbonyl (C=S) groups is 1. The summed E-state index contributed by atoms with van der Waals surface area (Å²) in [6.45, 7) is 11.8. The Kier molecular flexibility index (Phi) is 9.78. The molecule has 10 heteroatoms. The van der Waals surface area contributed by atoms with Crippen molar-refractivity contribution < 1.29 is 27.6 Å². The first kappa shape index (κ1) is 32.5. The fraction of sp³-hybridized carbons (Fsp3) is 0.531. The first-order valence-electron chi connectivity index (χ1n) is 14.7. The van der Waals surface area contributed by atoms with Gasteiger partial charge in [-0.15, -0.1) is 0 Å². The smallest absolute Gasteiger partial charge is 0.345 e. The summed E-state index contributed by atoms with van der Waals surface area (Å²) in [5.74, 6) is -1.86. The van der Waals surface area contributed by atoms with E-state index in [4.69, 9.17) is 21.3 Å². The summed E-state index contributed by atoms with van der Waals surface area (Å²) in [4.78, 5) is 27.5. The van der Waals surface area contributed by atoms with E-state index < -0.39 is 24.6 Å². The summed E-state index contributed by atoms with van der Waals surface area (Å²) in [6, 6.07) is 11.8. The van der Waals surface area contributed by atoms with Crippen LogP contribution >= 0.6 is 19.8 Å². The van der Waals surface area contributed by atoms with Crippen LogP contribution in [0.25, 0.3) is 0 Å². The number of rotatable bonds is 9. The predicted octanol–water partition coefficient (Wildman–Crippen LogP) is 7.56. The molecule has 2 aromatic rings. The van der Waals surface area contributed by atoms with Gasteiger partial charge in [0.25, 0.3) is 0 Å². The molecule has 4 atom stereocenters. The van der Waals surface area contributed by atoms with Gasteiger partial charge in [0.1, 0.15) is 5.82 Å². The van der Waals surface area contributed by atoms with Gasteiger partial charge in [0.15, 0.2) is 16.7 Å². The van der Waals surface area contributed by atoms with Crippen molar-refractivity contribution in [2.45, 2.75) is 84.3 Å². The molecule has 1 amide bonds. The number of fused-ring (bicyclic) bond motifs is 3. The van der Waals surface area contributed by atoms with Crippen molar-refractivity contribution in [3.05, 3.63) is 70.5 Å². The van der Waals surface area contributed by atoms with E-state index in [2.05, 4.69) is 43.5 Å². The minimum absolute atomic E-state index is 0.0529. The normalized spacial score (nSPS) is 24.5. The predicted molar refractivity (Wildman–Crippen MR) is 166 cm³/mol. The van der Waals surface area contributed by atoms with Crippen molar-refractivity contribution in [2.24, 2.45) is 11.3 Å². The first-order chi connectivity index (χ1) is 19.8. The Morgan fingerprint density at radius 1 is 1.10 bits per heavy atom. The fourth-order valence-corrected chi connectivity index (χ4v) is 9.04. The molecule has 1 unspecified atom stereocenters. The van der Waals surface area contributed by atoms with E-state index in [0.717, 1.165) is 29.5 Å². The summed E-state index contributed by atoms with van der Waals surface area (Å²) in [5.41, 5.74) is 1.96. The van der Waals surface area contributed by atoms with Gasteiger partial charge in [0.2, 0.25) is 5.91 Å². The van der Waals surface area contributed by atoms with Crippen molar-refractivity contribution in [2.75, 3.05) is 13.2 Å². The number of carbonyl (C=O) groups excluding carboxylic acids is 2.